The normalized spacial score (nSPS) is 9.33. The fraction of sp³-hybridized carbons (Fsp3) is 0.333. The average molecular weight is 202 g/mol. The van der Waals surface area contributed by atoms with Crippen LogP contribution in [0.3, 0.4) is 0 Å². The smallest absolute Gasteiger partial charge is 0.252 e. The first-order chi connectivity index (χ1) is 7.24. The van der Waals surface area contributed by atoms with Crippen LogP contribution in [0, 0.1) is 19.3 Å². The van der Waals surface area contributed by atoms with Crippen molar-refractivity contribution in [2.45, 2.75) is 19.8 Å². The third-order valence-electron chi connectivity index (χ3n) is 1.96. The number of carbonyl (C=O) groups excluding carboxylic acids is 1. The van der Waals surface area contributed by atoms with Crippen molar-refractivity contribution in [2.24, 2.45) is 0 Å². The number of rotatable bonds is 4. The second kappa shape index (κ2) is 5.82. The molecule has 3 heteroatoms. The van der Waals surface area contributed by atoms with Gasteiger partial charge in [0.2, 0.25) is 0 Å². The molecule has 0 aliphatic heterocycles. The van der Waals surface area contributed by atoms with E-state index in [0.717, 1.165) is 12.1 Å². The van der Waals surface area contributed by atoms with Crippen LogP contribution >= 0.6 is 0 Å². The number of hydrogen-bond donors (Lipinski definition) is 1. The summed E-state index contributed by atoms with van der Waals surface area (Å²) in [4.78, 5) is 15.6. The molecule has 1 rings (SSSR count). The molecular weight excluding hydrogens is 188 g/mol. The minimum absolute atomic E-state index is 0.0977. The standard InChI is InChI=1S/C12H14N2O/c1-3-4-5-8-13-12(15)11-7-6-10(2)14-9-11/h1,6-7,9H,4-5,8H2,2H3,(H,13,15). The molecule has 3 nitrogen and oxygen atoms in total. The Kier molecular flexibility index (Phi) is 4.36. The van der Waals surface area contributed by atoms with Gasteiger partial charge in [0.15, 0.2) is 0 Å². The predicted octanol–water partition coefficient (Wildman–Crippen LogP) is 1.53. The number of nitrogens with one attached hydrogen (secondary N) is 1. The Balaban J connectivity index is 2.41. The highest BCUT2D eigenvalue weighted by atomic mass is 16.1. The number of carbonyl (C=O) groups is 1. The molecule has 0 aliphatic carbocycles. The van der Waals surface area contributed by atoms with Crippen molar-refractivity contribution in [3.8, 4) is 12.3 Å². The molecule has 0 bridgehead atoms. The molecule has 0 unspecified atom stereocenters. The first-order valence-electron chi connectivity index (χ1n) is 4.88. The van der Waals surface area contributed by atoms with E-state index in [2.05, 4.69) is 16.2 Å². The van der Waals surface area contributed by atoms with Crippen molar-refractivity contribution in [1.29, 1.82) is 0 Å². The molecule has 1 aromatic heterocycles. The molecule has 0 saturated heterocycles. The van der Waals surface area contributed by atoms with E-state index in [1.165, 1.54) is 0 Å². The largest absolute Gasteiger partial charge is 0.352 e. The Morgan fingerprint density at radius 3 is 3.00 bits per heavy atom. The zero-order valence-electron chi connectivity index (χ0n) is 8.79. The van der Waals surface area contributed by atoms with Gasteiger partial charge in [-0.3, -0.25) is 9.78 Å². The lowest BCUT2D eigenvalue weighted by atomic mass is 10.2. The number of nitrogens with zero attached hydrogens (tertiary/aromatic N) is 1. The lowest BCUT2D eigenvalue weighted by Crippen LogP contribution is -2.24. The minimum atomic E-state index is -0.0977. The van der Waals surface area contributed by atoms with Gasteiger partial charge in [-0.1, -0.05) is 0 Å². The van der Waals surface area contributed by atoms with Crippen LogP contribution in [0.2, 0.25) is 0 Å². The summed E-state index contributed by atoms with van der Waals surface area (Å²) < 4.78 is 0. The van der Waals surface area contributed by atoms with E-state index in [4.69, 9.17) is 6.42 Å². The monoisotopic (exact) mass is 202 g/mol. The number of hydrogen-bond acceptors (Lipinski definition) is 2. The second-order valence-corrected chi connectivity index (χ2v) is 3.25. The van der Waals surface area contributed by atoms with E-state index in [1.807, 2.05) is 13.0 Å². The number of terminal acetylenes is 1. The molecule has 15 heavy (non-hydrogen) atoms. The van der Waals surface area contributed by atoms with E-state index in [9.17, 15) is 4.79 Å². The van der Waals surface area contributed by atoms with Crippen LogP contribution < -0.4 is 5.32 Å². The predicted molar refractivity (Wildman–Crippen MR) is 59.4 cm³/mol. The Morgan fingerprint density at radius 1 is 1.60 bits per heavy atom. The SMILES string of the molecule is C#CCCCNC(=O)c1ccc(C)nc1. The Bertz CT molecular complexity index is 362. The number of pyridine rings is 1. The second-order valence-electron chi connectivity index (χ2n) is 3.25. The van der Waals surface area contributed by atoms with Crippen LogP contribution in [0.25, 0.3) is 0 Å². The van der Waals surface area contributed by atoms with Crippen molar-refractivity contribution >= 4 is 5.91 Å². The lowest BCUT2D eigenvalue weighted by Gasteiger charge is -2.03. The van der Waals surface area contributed by atoms with Crippen LogP contribution in [0.4, 0.5) is 0 Å². The third kappa shape index (κ3) is 3.82. The van der Waals surface area contributed by atoms with Gasteiger partial charge in [-0.2, -0.15) is 0 Å². The van der Waals surface area contributed by atoms with Gasteiger partial charge in [-0.05, 0) is 25.5 Å². The summed E-state index contributed by atoms with van der Waals surface area (Å²) in [5.41, 5.74) is 1.49. The van der Waals surface area contributed by atoms with E-state index in [0.29, 0.717) is 18.5 Å². The molecule has 0 spiro atoms. The van der Waals surface area contributed by atoms with Crippen molar-refractivity contribution < 1.29 is 4.79 Å². The van der Waals surface area contributed by atoms with Gasteiger partial charge in [0.05, 0.1) is 5.56 Å². The van der Waals surface area contributed by atoms with Gasteiger partial charge < -0.3 is 5.32 Å². The summed E-state index contributed by atoms with van der Waals surface area (Å²) in [5, 5.41) is 2.78. The molecule has 1 N–H and O–H groups in total. The van der Waals surface area contributed by atoms with Crippen LogP contribution in [0.5, 0.6) is 0 Å². The molecule has 0 radical (unpaired) electrons. The summed E-state index contributed by atoms with van der Waals surface area (Å²) >= 11 is 0. The van der Waals surface area contributed by atoms with Gasteiger partial charge in [0.25, 0.3) is 5.91 Å². The fourth-order valence-electron chi connectivity index (χ4n) is 1.10. The topological polar surface area (TPSA) is 42.0 Å². The Morgan fingerprint density at radius 2 is 2.40 bits per heavy atom. The molecular formula is C12H14N2O. The molecule has 0 fully saturated rings. The number of unbranched alkanes of at least 4 members (excludes halogenated alkanes) is 1. The quantitative estimate of drug-likeness (QED) is 0.594. The molecule has 0 atom stereocenters. The number of aryl methyl sites for hydroxylation is 1. The van der Waals surface area contributed by atoms with E-state index >= 15 is 0 Å². The first kappa shape index (κ1) is 11.3. The van der Waals surface area contributed by atoms with Crippen molar-refractivity contribution in [1.82, 2.24) is 10.3 Å². The van der Waals surface area contributed by atoms with Crippen LogP contribution in [-0.4, -0.2) is 17.4 Å². The van der Waals surface area contributed by atoms with Gasteiger partial charge in [-0.15, -0.1) is 12.3 Å². The Hall–Kier alpha value is -1.82. The fourth-order valence-corrected chi connectivity index (χ4v) is 1.10. The molecule has 0 saturated carbocycles. The maximum Gasteiger partial charge on any atom is 0.252 e. The Labute approximate surface area is 89.9 Å². The molecule has 78 valence electrons. The van der Waals surface area contributed by atoms with Crippen molar-refractivity contribution in [2.75, 3.05) is 6.54 Å². The molecule has 1 heterocycles. The maximum atomic E-state index is 11.5. The zero-order chi connectivity index (χ0) is 11.1. The van der Waals surface area contributed by atoms with Gasteiger partial charge in [0.1, 0.15) is 0 Å². The maximum absolute atomic E-state index is 11.5. The van der Waals surface area contributed by atoms with E-state index < -0.39 is 0 Å². The van der Waals surface area contributed by atoms with E-state index in [-0.39, 0.29) is 5.91 Å². The first-order valence-corrected chi connectivity index (χ1v) is 4.88. The van der Waals surface area contributed by atoms with Gasteiger partial charge in [-0.25, -0.2) is 0 Å². The van der Waals surface area contributed by atoms with Crippen molar-refractivity contribution in [3.05, 3.63) is 29.6 Å². The number of amides is 1. The summed E-state index contributed by atoms with van der Waals surface area (Å²) in [6, 6.07) is 3.58. The average Bonchev–Trinajstić information content (AvgIpc) is 2.25. The highest BCUT2D eigenvalue weighted by Crippen LogP contribution is 1.98. The van der Waals surface area contributed by atoms with Crippen molar-refractivity contribution in [3.63, 3.8) is 0 Å². The summed E-state index contributed by atoms with van der Waals surface area (Å²) in [6.07, 6.45) is 8.17. The molecule has 0 aliphatic rings. The minimum Gasteiger partial charge on any atom is -0.352 e. The number of aromatic nitrogens is 1. The van der Waals surface area contributed by atoms with Gasteiger partial charge in [0, 0.05) is 24.9 Å². The zero-order valence-corrected chi connectivity index (χ0v) is 8.79. The summed E-state index contributed by atoms with van der Waals surface area (Å²) in [7, 11) is 0. The summed E-state index contributed by atoms with van der Waals surface area (Å²) in [5.74, 6) is 2.43. The van der Waals surface area contributed by atoms with Crippen LogP contribution in [-0.2, 0) is 0 Å². The lowest BCUT2D eigenvalue weighted by molar-refractivity contribution is 0.0953. The van der Waals surface area contributed by atoms with Crippen LogP contribution in [0.1, 0.15) is 28.9 Å². The van der Waals surface area contributed by atoms with Crippen LogP contribution in [0.15, 0.2) is 18.3 Å². The highest BCUT2D eigenvalue weighted by molar-refractivity contribution is 5.93. The molecule has 1 aromatic rings. The summed E-state index contributed by atoms with van der Waals surface area (Å²) in [6.45, 7) is 2.49. The van der Waals surface area contributed by atoms with Gasteiger partial charge >= 0.3 is 0 Å². The highest BCUT2D eigenvalue weighted by Gasteiger charge is 2.03. The third-order valence-corrected chi connectivity index (χ3v) is 1.96. The van der Waals surface area contributed by atoms with E-state index in [1.54, 1.807) is 12.3 Å². The molecule has 1 amide bonds. The molecule has 0 aromatic carbocycles.